The molecule has 1 aliphatic heterocycles. The Kier molecular flexibility index (Phi) is 1.73. The maximum atomic E-state index is 11.3. The first-order valence-electron chi connectivity index (χ1n) is 3.49. The third kappa shape index (κ3) is 1.06. The van der Waals surface area contributed by atoms with Crippen LogP contribution in [0.25, 0.3) is 0 Å². The van der Waals surface area contributed by atoms with Gasteiger partial charge in [0.1, 0.15) is 0 Å². The molecule has 0 amide bonds. The molecule has 1 N–H and O–H groups in total. The molecule has 0 atom stereocenters. The standard InChI is InChI=1S/C7H6BNO2S/c1-4-2-12-6-5(4)7(10)11-3-8-9-6/h2-3,9H,1H3. The minimum absolute atomic E-state index is 0.287. The van der Waals surface area contributed by atoms with E-state index in [0.717, 1.165) is 10.6 Å². The number of rotatable bonds is 0. The number of nitrogens with one attached hydrogen (secondary N) is 1. The topological polar surface area (TPSA) is 38.3 Å². The first-order chi connectivity index (χ1) is 5.79. The van der Waals surface area contributed by atoms with Crippen LogP contribution in [0.2, 0.25) is 0 Å². The molecule has 1 aliphatic rings. The average Bonchev–Trinajstić information content (AvgIpc) is 2.29. The van der Waals surface area contributed by atoms with E-state index in [-0.39, 0.29) is 5.97 Å². The van der Waals surface area contributed by atoms with Crippen molar-refractivity contribution >= 4 is 35.5 Å². The molecule has 0 aromatic carbocycles. The molecule has 1 aromatic rings. The van der Waals surface area contributed by atoms with Gasteiger partial charge in [-0.2, -0.15) is 0 Å². The molecule has 1 aromatic heterocycles. The predicted octanol–water partition coefficient (Wildman–Crippen LogP) is 1.02. The van der Waals surface area contributed by atoms with Gasteiger partial charge in [0.2, 0.25) is 0 Å². The molecule has 0 radical (unpaired) electrons. The summed E-state index contributed by atoms with van der Waals surface area (Å²) in [5, 5.41) is 5.75. The molecule has 12 heavy (non-hydrogen) atoms. The van der Waals surface area contributed by atoms with E-state index in [9.17, 15) is 4.79 Å². The van der Waals surface area contributed by atoms with E-state index < -0.39 is 0 Å². The van der Waals surface area contributed by atoms with Gasteiger partial charge in [-0.3, -0.25) is 0 Å². The van der Waals surface area contributed by atoms with Gasteiger partial charge in [0, 0.05) is 0 Å². The summed E-state index contributed by atoms with van der Waals surface area (Å²) in [6.07, 6.45) is 1.36. The van der Waals surface area contributed by atoms with E-state index in [2.05, 4.69) is 5.23 Å². The Balaban J connectivity index is 2.55. The number of fused-ring (bicyclic) bond motifs is 1. The number of cyclic esters (lactones) is 1. The van der Waals surface area contributed by atoms with Gasteiger partial charge < -0.3 is 0 Å². The molecule has 0 bridgehead atoms. The van der Waals surface area contributed by atoms with Crippen LogP contribution in [0.1, 0.15) is 15.9 Å². The monoisotopic (exact) mass is 179 g/mol. The molecule has 0 aliphatic carbocycles. The van der Waals surface area contributed by atoms with Crippen molar-refractivity contribution in [2.24, 2.45) is 0 Å². The molecule has 0 unspecified atom stereocenters. The summed E-state index contributed by atoms with van der Waals surface area (Å²) in [5.74, 6) is -0.287. The first kappa shape index (κ1) is 7.55. The molecular formula is C7H6BNO2S. The van der Waals surface area contributed by atoms with E-state index in [0.29, 0.717) is 5.56 Å². The Bertz CT molecular complexity index is 358. The summed E-state index contributed by atoms with van der Waals surface area (Å²) in [6.45, 7) is 1.89. The van der Waals surface area contributed by atoms with Gasteiger partial charge in [-0.25, -0.2) is 0 Å². The quantitative estimate of drug-likeness (QED) is 0.477. The second-order valence-electron chi connectivity index (χ2n) is 2.48. The van der Waals surface area contributed by atoms with Gasteiger partial charge >= 0.3 is 73.7 Å². The van der Waals surface area contributed by atoms with Crippen molar-refractivity contribution in [1.29, 1.82) is 0 Å². The number of esters is 1. The van der Waals surface area contributed by atoms with E-state index in [4.69, 9.17) is 4.74 Å². The maximum absolute atomic E-state index is 11.3. The van der Waals surface area contributed by atoms with Crippen molar-refractivity contribution < 1.29 is 9.53 Å². The van der Waals surface area contributed by atoms with Crippen LogP contribution in [0.3, 0.4) is 0 Å². The summed E-state index contributed by atoms with van der Waals surface area (Å²) in [5.41, 5.74) is 1.60. The number of carbonyl (C=O) groups excluding carboxylic acids is 1. The number of hydrogen-bond donors (Lipinski definition) is 1. The molecule has 2 heterocycles. The van der Waals surface area contributed by atoms with E-state index >= 15 is 0 Å². The zero-order valence-electron chi connectivity index (χ0n) is 6.46. The van der Waals surface area contributed by atoms with Crippen LogP contribution in [-0.2, 0) is 4.74 Å². The van der Waals surface area contributed by atoms with E-state index in [1.807, 2.05) is 12.3 Å². The van der Waals surface area contributed by atoms with E-state index in [1.165, 1.54) is 17.5 Å². The van der Waals surface area contributed by atoms with Crippen LogP contribution in [0.5, 0.6) is 0 Å². The number of ether oxygens (including phenoxy) is 1. The molecule has 0 saturated heterocycles. The Hall–Kier alpha value is -1.10. The van der Waals surface area contributed by atoms with Gasteiger partial charge in [-0.15, -0.1) is 0 Å². The Labute approximate surface area is 74.3 Å². The number of anilines is 1. The van der Waals surface area contributed by atoms with Crippen molar-refractivity contribution in [3.05, 3.63) is 16.5 Å². The van der Waals surface area contributed by atoms with Crippen LogP contribution >= 0.6 is 11.3 Å². The summed E-state index contributed by atoms with van der Waals surface area (Å²) < 4.78 is 4.79. The molecular weight excluding hydrogens is 173 g/mol. The third-order valence-corrected chi connectivity index (χ3v) is 2.67. The molecule has 3 nitrogen and oxygen atoms in total. The van der Waals surface area contributed by atoms with Gasteiger partial charge in [0.15, 0.2) is 0 Å². The van der Waals surface area contributed by atoms with E-state index in [1.54, 1.807) is 7.06 Å². The van der Waals surface area contributed by atoms with Crippen LogP contribution in [0.15, 0.2) is 5.38 Å². The summed E-state index contributed by atoms with van der Waals surface area (Å²) in [6, 6.07) is 0. The summed E-state index contributed by atoms with van der Waals surface area (Å²) in [7, 11) is 1.61. The Morgan fingerprint density at radius 2 is 2.50 bits per heavy atom. The zero-order valence-corrected chi connectivity index (χ0v) is 7.27. The minimum atomic E-state index is -0.287. The number of carbonyl (C=O) groups is 1. The predicted molar refractivity (Wildman–Crippen MR) is 49.9 cm³/mol. The second kappa shape index (κ2) is 2.75. The van der Waals surface area contributed by atoms with Gasteiger partial charge in [0.25, 0.3) is 0 Å². The second-order valence-corrected chi connectivity index (χ2v) is 3.35. The summed E-state index contributed by atoms with van der Waals surface area (Å²) in [4.78, 5) is 11.3. The van der Waals surface area contributed by atoms with Crippen LogP contribution in [0, 0.1) is 6.92 Å². The van der Waals surface area contributed by atoms with Crippen molar-refractivity contribution in [3.63, 3.8) is 0 Å². The number of hydrogen-bond acceptors (Lipinski definition) is 4. The molecule has 0 saturated carbocycles. The SMILES string of the molecule is Cc1csc2c1C(=O)OC=BN2. The van der Waals surface area contributed by atoms with Crippen LogP contribution in [0.4, 0.5) is 5.00 Å². The van der Waals surface area contributed by atoms with Crippen LogP contribution < -0.4 is 5.23 Å². The van der Waals surface area contributed by atoms with Crippen molar-refractivity contribution in [1.82, 2.24) is 0 Å². The molecule has 0 spiro atoms. The van der Waals surface area contributed by atoms with Crippen molar-refractivity contribution in [2.45, 2.75) is 6.92 Å². The fourth-order valence-electron chi connectivity index (χ4n) is 1.07. The van der Waals surface area contributed by atoms with Gasteiger partial charge in [-0.1, -0.05) is 0 Å². The Morgan fingerprint density at radius 3 is 3.33 bits per heavy atom. The number of thiophene rings is 1. The molecule has 2 rings (SSSR count). The average molecular weight is 179 g/mol. The fourth-order valence-corrected chi connectivity index (χ4v) is 1.98. The van der Waals surface area contributed by atoms with Crippen molar-refractivity contribution in [3.8, 4) is 0 Å². The van der Waals surface area contributed by atoms with Gasteiger partial charge in [-0.05, 0) is 0 Å². The Morgan fingerprint density at radius 1 is 1.67 bits per heavy atom. The zero-order chi connectivity index (χ0) is 8.55. The van der Waals surface area contributed by atoms with Crippen molar-refractivity contribution in [2.75, 3.05) is 5.23 Å². The normalized spacial score (nSPS) is 13.9. The molecule has 60 valence electrons. The molecule has 5 heteroatoms. The summed E-state index contributed by atoms with van der Waals surface area (Å²) >= 11 is 1.51. The third-order valence-electron chi connectivity index (χ3n) is 1.64. The first-order valence-corrected chi connectivity index (χ1v) is 4.37. The molecule has 0 fully saturated rings. The fraction of sp³-hybridized carbons (Fsp3) is 0.143. The van der Waals surface area contributed by atoms with Gasteiger partial charge in [0.05, 0.1) is 0 Å². The number of aryl methyl sites for hydroxylation is 1. The van der Waals surface area contributed by atoms with Crippen LogP contribution in [-0.4, -0.2) is 19.2 Å².